The number of rotatable bonds is 6. The minimum Gasteiger partial charge on any atom is -0.423 e. The van der Waals surface area contributed by atoms with Gasteiger partial charge < -0.3 is 9.32 Å². The average Bonchev–Trinajstić information content (AvgIpc) is 2.47. The Hall–Kier alpha value is -2.43. The molecule has 0 aliphatic heterocycles. The highest BCUT2D eigenvalue weighted by Gasteiger charge is 2.25. The van der Waals surface area contributed by atoms with E-state index in [4.69, 9.17) is 4.42 Å². The van der Waals surface area contributed by atoms with Crippen molar-refractivity contribution in [1.29, 1.82) is 0 Å². The van der Waals surface area contributed by atoms with Gasteiger partial charge in [-0.25, -0.2) is 4.79 Å². The number of hydrogen-bond acceptors (Lipinski definition) is 5. The van der Waals surface area contributed by atoms with Gasteiger partial charge in [-0.15, -0.1) is 0 Å². The number of carbonyl (C=O) groups is 2. The first-order valence-corrected chi connectivity index (χ1v) is 7.72. The zero-order chi connectivity index (χ0) is 17.1. The smallest absolute Gasteiger partial charge is 0.336 e. The molecule has 0 fully saturated rings. The van der Waals surface area contributed by atoms with Crippen molar-refractivity contribution in [3.8, 4) is 0 Å². The summed E-state index contributed by atoms with van der Waals surface area (Å²) in [6.45, 7) is 8.46. The summed E-state index contributed by atoms with van der Waals surface area (Å²) in [4.78, 5) is 37.7. The van der Waals surface area contributed by atoms with E-state index in [1.807, 2.05) is 19.9 Å². The predicted molar refractivity (Wildman–Crippen MR) is 90.1 cm³/mol. The van der Waals surface area contributed by atoms with Crippen LogP contribution in [-0.2, 0) is 9.59 Å². The Morgan fingerprint density at radius 1 is 1.09 bits per heavy atom. The van der Waals surface area contributed by atoms with Crippen LogP contribution in [0.3, 0.4) is 0 Å². The Kier molecular flexibility index (Phi) is 4.98. The van der Waals surface area contributed by atoms with E-state index in [1.165, 1.54) is 19.9 Å². The maximum Gasteiger partial charge on any atom is 0.336 e. The molecule has 0 bridgehead atoms. The van der Waals surface area contributed by atoms with Crippen molar-refractivity contribution in [3.63, 3.8) is 0 Å². The van der Waals surface area contributed by atoms with Crippen LogP contribution in [0.2, 0.25) is 0 Å². The highest BCUT2D eigenvalue weighted by molar-refractivity contribution is 6.08. The molecule has 5 nitrogen and oxygen atoms in total. The second kappa shape index (κ2) is 6.77. The fourth-order valence-corrected chi connectivity index (χ4v) is 2.93. The summed E-state index contributed by atoms with van der Waals surface area (Å²) in [5.74, 6) is -1.49. The molecule has 0 amide bonds. The second-order valence-electron chi connectivity index (χ2n) is 5.53. The maximum atomic E-state index is 11.9. The Balaban J connectivity index is 2.71. The molecule has 0 atom stereocenters. The molecule has 1 aromatic heterocycles. The molecule has 122 valence electrons. The zero-order valence-corrected chi connectivity index (χ0v) is 13.9. The van der Waals surface area contributed by atoms with Gasteiger partial charge in [0.25, 0.3) is 0 Å². The minimum absolute atomic E-state index is 0.280. The van der Waals surface area contributed by atoms with Crippen LogP contribution in [-0.4, -0.2) is 24.7 Å². The highest BCUT2D eigenvalue weighted by atomic mass is 16.4. The van der Waals surface area contributed by atoms with Crippen LogP contribution in [0.4, 0.5) is 5.69 Å². The lowest BCUT2D eigenvalue weighted by molar-refractivity contribution is -0.126. The van der Waals surface area contributed by atoms with Gasteiger partial charge >= 0.3 is 5.63 Å². The molecule has 0 saturated heterocycles. The third kappa shape index (κ3) is 3.33. The van der Waals surface area contributed by atoms with Gasteiger partial charge in [0.15, 0.2) is 0 Å². The van der Waals surface area contributed by atoms with E-state index >= 15 is 0 Å². The van der Waals surface area contributed by atoms with Crippen molar-refractivity contribution in [1.82, 2.24) is 0 Å². The van der Waals surface area contributed by atoms with E-state index < -0.39 is 11.5 Å². The molecule has 0 unspecified atom stereocenters. The molecule has 2 rings (SSSR count). The number of ketones is 2. The number of Topliss-reactive ketones (excluding diaryl/α,β-unsaturated/α-hetero) is 2. The zero-order valence-electron chi connectivity index (χ0n) is 13.9. The van der Waals surface area contributed by atoms with Crippen LogP contribution >= 0.6 is 0 Å². The van der Waals surface area contributed by atoms with Crippen LogP contribution in [0.15, 0.2) is 33.5 Å². The van der Waals surface area contributed by atoms with Crippen molar-refractivity contribution >= 4 is 28.2 Å². The second-order valence-corrected chi connectivity index (χ2v) is 5.53. The molecule has 2 aromatic rings. The van der Waals surface area contributed by atoms with E-state index in [0.29, 0.717) is 16.5 Å². The van der Waals surface area contributed by atoms with Gasteiger partial charge in [0, 0.05) is 36.3 Å². The van der Waals surface area contributed by atoms with Crippen molar-refractivity contribution in [2.75, 3.05) is 18.0 Å². The average molecular weight is 315 g/mol. The first-order chi connectivity index (χ1) is 10.9. The molecule has 23 heavy (non-hydrogen) atoms. The largest absolute Gasteiger partial charge is 0.423 e. The van der Waals surface area contributed by atoms with Crippen LogP contribution in [0.5, 0.6) is 0 Å². The fraction of sp³-hybridized carbons (Fsp3) is 0.389. The van der Waals surface area contributed by atoms with E-state index in [1.54, 1.807) is 12.1 Å². The number of fused-ring (bicyclic) bond motifs is 1. The monoisotopic (exact) mass is 315 g/mol. The van der Waals surface area contributed by atoms with Gasteiger partial charge in [-0.3, -0.25) is 9.59 Å². The molecule has 0 radical (unpaired) electrons. The van der Waals surface area contributed by atoms with Gasteiger partial charge in [-0.1, -0.05) is 0 Å². The predicted octanol–water partition coefficient (Wildman–Crippen LogP) is 2.90. The van der Waals surface area contributed by atoms with Crippen LogP contribution in [0.25, 0.3) is 11.0 Å². The molecule has 1 heterocycles. The normalized spacial score (nSPS) is 11.0. The summed E-state index contributed by atoms with van der Waals surface area (Å²) >= 11 is 0. The first-order valence-electron chi connectivity index (χ1n) is 7.72. The van der Waals surface area contributed by atoms with E-state index in [-0.39, 0.29) is 11.6 Å². The molecule has 1 aromatic carbocycles. The molecule has 0 N–H and O–H groups in total. The topological polar surface area (TPSA) is 67.6 Å². The molecule has 0 aliphatic rings. The van der Waals surface area contributed by atoms with Crippen LogP contribution < -0.4 is 10.5 Å². The number of hydrogen-bond donors (Lipinski definition) is 0. The molecule has 5 heteroatoms. The quantitative estimate of drug-likeness (QED) is 0.605. The van der Waals surface area contributed by atoms with Crippen molar-refractivity contribution in [2.45, 2.75) is 33.6 Å². The van der Waals surface area contributed by atoms with Crippen molar-refractivity contribution in [2.24, 2.45) is 0 Å². The maximum absolute atomic E-state index is 11.9. The minimum atomic E-state index is -0.930. The summed E-state index contributed by atoms with van der Waals surface area (Å²) in [5, 5.41) is 0.621. The van der Waals surface area contributed by atoms with Gasteiger partial charge in [0.2, 0.25) is 0 Å². The number of benzene rings is 1. The van der Waals surface area contributed by atoms with Crippen molar-refractivity contribution in [3.05, 3.63) is 40.2 Å². The summed E-state index contributed by atoms with van der Waals surface area (Å²) in [6, 6.07) is 6.74. The Morgan fingerprint density at radius 2 is 1.70 bits per heavy atom. The summed E-state index contributed by atoms with van der Waals surface area (Å²) < 4.78 is 5.29. The standard InChI is InChI=1S/C18H21NO4/c1-5-19(6-2)13-7-8-14-15(18(11(3)20)12(4)21)10-17(22)23-16(14)9-13/h7-10,18H,5-6H2,1-4H3. The fourth-order valence-electron chi connectivity index (χ4n) is 2.93. The van der Waals surface area contributed by atoms with Gasteiger partial charge in [-0.2, -0.15) is 0 Å². The highest BCUT2D eigenvalue weighted by Crippen LogP contribution is 2.29. The summed E-state index contributed by atoms with van der Waals surface area (Å²) in [6.07, 6.45) is 0. The Morgan fingerprint density at radius 3 is 2.22 bits per heavy atom. The lowest BCUT2D eigenvalue weighted by Crippen LogP contribution is -2.22. The van der Waals surface area contributed by atoms with E-state index in [2.05, 4.69) is 4.90 Å². The molecule has 0 spiro atoms. The SMILES string of the molecule is CCN(CC)c1ccc2c(C(C(C)=O)C(C)=O)cc(=O)oc2c1. The lowest BCUT2D eigenvalue weighted by Gasteiger charge is -2.21. The Labute approximate surface area is 134 Å². The Bertz CT molecular complexity index is 788. The molecular weight excluding hydrogens is 294 g/mol. The summed E-state index contributed by atoms with van der Waals surface area (Å²) in [5.41, 5.74) is 1.19. The van der Waals surface area contributed by atoms with E-state index in [9.17, 15) is 14.4 Å². The van der Waals surface area contributed by atoms with Crippen LogP contribution in [0.1, 0.15) is 39.2 Å². The van der Waals surface area contributed by atoms with Crippen LogP contribution in [0, 0.1) is 0 Å². The molecule has 0 saturated carbocycles. The van der Waals surface area contributed by atoms with Crippen molar-refractivity contribution < 1.29 is 14.0 Å². The van der Waals surface area contributed by atoms with Gasteiger partial charge in [0.05, 0.1) is 0 Å². The molecule has 0 aliphatic carbocycles. The molecular formula is C18H21NO4. The number of nitrogens with zero attached hydrogens (tertiary/aromatic N) is 1. The number of anilines is 1. The summed E-state index contributed by atoms with van der Waals surface area (Å²) in [7, 11) is 0. The third-order valence-corrected chi connectivity index (χ3v) is 4.01. The van der Waals surface area contributed by atoms with Gasteiger partial charge in [0.1, 0.15) is 23.1 Å². The third-order valence-electron chi connectivity index (χ3n) is 4.01. The number of carbonyl (C=O) groups excluding carboxylic acids is 2. The lowest BCUT2D eigenvalue weighted by atomic mass is 9.90. The van der Waals surface area contributed by atoms with E-state index in [0.717, 1.165) is 18.8 Å². The van der Waals surface area contributed by atoms with Gasteiger partial charge in [-0.05, 0) is 45.4 Å². The first kappa shape index (κ1) is 16.9.